The highest BCUT2D eigenvalue weighted by Crippen LogP contribution is 2.27. The van der Waals surface area contributed by atoms with Crippen molar-refractivity contribution < 1.29 is 29.7 Å². The van der Waals surface area contributed by atoms with Gasteiger partial charge in [0.1, 0.15) is 18.6 Å². The quantitative estimate of drug-likeness (QED) is 0.552. The van der Waals surface area contributed by atoms with Gasteiger partial charge in [-0.15, -0.1) is 0 Å². The van der Waals surface area contributed by atoms with Gasteiger partial charge in [0.25, 0.3) is 0 Å². The summed E-state index contributed by atoms with van der Waals surface area (Å²) < 4.78 is 0. The van der Waals surface area contributed by atoms with Crippen LogP contribution in [0.4, 0.5) is 0 Å². The zero-order valence-electron chi connectivity index (χ0n) is 14.1. The van der Waals surface area contributed by atoms with Gasteiger partial charge in [-0.2, -0.15) is 0 Å². The van der Waals surface area contributed by atoms with E-state index in [1.165, 1.54) is 18.2 Å². The number of nitrogens with zero attached hydrogens (tertiary/aromatic N) is 1. The van der Waals surface area contributed by atoms with Gasteiger partial charge in [0.05, 0.1) is 0 Å². The van der Waals surface area contributed by atoms with Crippen LogP contribution in [-0.4, -0.2) is 56.6 Å². The van der Waals surface area contributed by atoms with Crippen LogP contribution >= 0.6 is 0 Å². The number of aromatic hydroxyl groups is 2. The van der Waals surface area contributed by atoms with Crippen LogP contribution in [0.3, 0.4) is 0 Å². The molecule has 8 heteroatoms. The molecular formula is C17H22N2O6. The van der Waals surface area contributed by atoms with E-state index in [2.05, 4.69) is 5.32 Å². The topological polar surface area (TPSA) is 127 Å². The highest BCUT2D eigenvalue weighted by molar-refractivity contribution is 5.98. The normalized spacial score (nSPS) is 20.7. The molecule has 0 radical (unpaired) electrons. The molecule has 4 N–H and O–H groups in total. The summed E-state index contributed by atoms with van der Waals surface area (Å²) >= 11 is 0. The second-order valence-electron chi connectivity index (χ2n) is 6.59. The number of aliphatic carboxylic acids is 1. The van der Waals surface area contributed by atoms with Crippen molar-refractivity contribution in [3.63, 3.8) is 0 Å². The lowest BCUT2D eigenvalue weighted by molar-refractivity contribution is -0.155. The minimum Gasteiger partial charge on any atom is -0.504 e. The summed E-state index contributed by atoms with van der Waals surface area (Å²) in [5.74, 6) is -2.55. The first-order valence-corrected chi connectivity index (χ1v) is 8.02. The average Bonchev–Trinajstić information content (AvgIpc) is 2.50. The number of piperazine rings is 1. The number of carbonyl (C=O) groups excluding carboxylic acids is 2. The van der Waals surface area contributed by atoms with Crippen LogP contribution in [0.15, 0.2) is 18.2 Å². The van der Waals surface area contributed by atoms with Crippen molar-refractivity contribution in [2.45, 2.75) is 38.8 Å². The maximum Gasteiger partial charge on any atom is 0.323 e. The van der Waals surface area contributed by atoms with Crippen molar-refractivity contribution in [2.24, 2.45) is 5.92 Å². The van der Waals surface area contributed by atoms with Gasteiger partial charge in [-0.3, -0.25) is 14.4 Å². The van der Waals surface area contributed by atoms with Gasteiger partial charge in [-0.05, 0) is 30.0 Å². The Balaban J connectivity index is 2.27. The monoisotopic (exact) mass is 350 g/mol. The summed E-state index contributed by atoms with van der Waals surface area (Å²) in [4.78, 5) is 37.3. The predicted molar refractivity (Wildman–Crippen MR) is 88.0 cm³/mol. The van der Waals surface area contributed by atoms with Crippen molar-refractivity contribution in [1.82, 2.24) is 10.2 Å². The molecule has 0 aliphatic carbocycles. The first kappa shape index (κ1) is 18.6. The third-order valence-electron chi connectivity index (χ3n) is 4.06. The Labute approximate surface area is 145 Å². The van der Waals surface area contributed by atoms with E-state index in [1.807, 2.05) is 13.8 Å². The first-order valence-electron chi connectivity index (χ1n) is 8.02. The molecule has 2 rings (SSSR count). The third-order valence-corrected chi connectivity index (χ3v) is 4.06. The first-order chi connectivity index (χ1) is 11.7. The molecule has 1 saturated heterocycles. The zero-order valence-corrected chi connectivity index (χ0v) is 14.1. The van der Waals surface area contributed by atoms with Gasteiger partial charge in [0.2, 0.25) is 11.8 Å². The Bertz CT molecular complexity index is 688. The summed E-state index contributed by atoms with van der Waals surface area (Å²) in [6.45, 7) is 3.24. The van der Waals surface area contributed by atoms with Gasteiger partial charge in [-0.25, -0.2) is 0 Å². The van der Waals surface area contributed by atoms with Crippen LogP contribution in [0, 0.1) is 5.92 Å². The van der Waals surface area contributed by atoms with Crippen LogP contribution in [-0.2, 0) is 20.8 Å². The number of carboxylic acid groups (broad SMARTS) is 1. The van der Waals surface area contributed by atoms with Crippen molar-refractivity contribution in [2.75, 3.05) is 6.54 Å². The number of amides is 2. The van der Waals surface area contributed by atoms with Gasteiger partial charge in [0, 0.05) is 6.42 Å². The molecule has 25 heavy (non-hydrogen) atoms. The Morgan fingerprint density at radius 2 is 1.92 bits per heavy atom. The molecule has 0 bridgehead atoms. The Morgan fingerprint density at radius 3 is 2.48 bits per heavy atom. The van der Waals surface area contributed by atoms with Gasteiger partial charge in [-0.1, -0.05) is 19.9 Å². The molecule has 2 unspecified atom stereocenters. The molecule has 0 aromatic heterocycles. The van der Waals surface area contributed by atoms with Gasteiger partial charge < -0.3 is 25.5 Å². The molecule has 1 aliphatic heterocycles. The molecular weight excluding hydrogens is 328 g/mol. The van der Waals surface area contributed by atoms with E-state index in [0.29, 0.717) is 12.0 Å². The number of hydrogen-bond acceptors (Lipinski definition) is 5. The van der Waals surface area contributed by atoms with Crippen molar-refractivity contribution >= 4 is 17.8 Å². The van der Waals surface area contributed by atoms with E-state index in [9.17, 15) is 24.6 Å². The predicted octanol–water partition coefficient (Wildman–Crippen LogP) is 0.467. The Morgan fingerprint density at radius 1 is 1.24 bits per heavy atom. The molecule has 1 fully saturated rings. The second-order valence-corrected chi connectivity index (χ2v) is 6.59. The highest BCUT2D eigenvalue weighted by Gasteiger charge is 2.41. The lowest BCUT2D eigenvalue weighted by atomic mass is 9.95. The maximum absolute atomic E-state index is 12.6. The molecule has 1 heterocycles. The molecule has 136 valence electrons. The lowest BCUT2D eigenvalue weighted by Crippen LogP contribution is -2.64. The molecule has 1 aromatic carbocycles. The number of carboxylic acids is 1. The van der Waals surface area contributed by atoms with E-state index >= 15 is 0 Å². The number of phenols is 2. The lowest BCUT2D eigenvalue weighted by Gasteiger charge is -2.38. The number of nitrogens with one attached hydrogen (secondary N) is 1. The number of benzene rings is 1. The Hall–Kier alpha value is -2.77. The molecule has 8 nitrogen and oxygen atoms in total. The summed E-state index contributed by atoms with van der Waals surface area (Å²) in [5.41, 5.74) is 0.501. The van der Waals surface area contributed by atoms with E-state index in [1.54, 1.807) is 0 Å². The van der Waals surface area contributed by atoms with Crippen LogP contribution in [0.25, 0.3) is 0 Å². The summed E-state index contributed by atoms with van der Waals surface area (Å²) in [7, 11) is 0. The van der Waals surface area contributed by atoms with E-state index in [0.717, 1.165) is 4.90 Å². The fourth-order valence-electron chi connectivity index (χ4n) is 2.91. The number of carbonyl (C=O) groups is 3. The highest BCUT2D eigenvalue weighted by atomic mass is 16.4. The summed E-state index contributed by atoms with van der Waals surface area (Å²) in [6, 6.07) is 2.33. The van der Waals surface area contributed by atoms with Crippen LogP contribution in [0.5, 0.6) is 11.5 Å². The number of phenolic OH excluding ortho intramolecular Hbond substituents is 2. The molecule has 2 atom stereocenters. The molecule has 2 amide bonds. The SMILES string of the molecule is CC(C)CC1NC(=O)C(Cc2ccc(O)c(O)c2)N(CC(=O)O)C1=O. The second kappa shape index (κ2) is 7.42. The standard InChI is InChI=1S/C17H22N2O6/c1-9(2)5-11-17(25)19(8-15(22)23)12(16(24)18-11)6-10-3-4-13(20)14(21)7-10/h3-4,7,9,11-12,20-21H,5-6,8H2,1-2H3,(H,18,24)(H,22,23). The van der Waals surface area contributed by atoms with E-state index < -0.39 is 36.4 Å². The van der Waals surface area contributed by atoms with Crippen molar-refractivity contribution in [1.29, 1.82) is 0 Å². The fourth-order valence-corrected chi connectivity index (χ4v) is 2.91. The molecule has 1 aliphatic rings. The zero-order chi connectivity index (χ0) is 18.7. The smallest absolute Gasteiger partial charge is 0.323 e. The maximum atomic E-state index is 12.6. The largest absolute Gasteiger partial charge is 0.504 e. The fraction of sp³-hybridized carbons (Fsp3) is 0.471. The van der Waals surface area contributed by atoms with Crippen molar-refractivity contribution in [3.8, 4) is 11.5 Å². The summed E-state index contributed by atoms with van der Waals surface area (Å²) in [6.07, 6.45) is 0.459. The minimum atomic E-state index is -1.20. The van der Waals surface area contributed by atoms with Crippen LogP contribution < -0.4 is 5.32 Å². The van der Waals surface area contributed by atoms with E-state index in [-0.39, 0.29) is 23.8 Å². The average molecular weight is 350 g/mol. The Kier molecular flexibility index (Phi) is 5.51. The van der Waals surface area contributed by atoms with Crippen LogP contribution in [0.1, 0.15) is 25.8 Å². The minimum absolute atomic E-state index is 0.0348. The molecule has 0 saturated carbocycles. The molecule has 0 spiro atoms. The number of rotatable bonds is 6. The third kappa shape index (κ3) is 4.40. The van der Waals surface area contributed by atoms with Crippen molar-refractivity contribution in [3.05, 3.63) is 23.8 Å². The molecule has 1 aromatic rings. The van der Waals surface area contributed by atoms with Crippen LogP contribution in [0.2, 0.25) is 0 Å². The summed E-state index contributed by atoms with van der Waals surface area (Å²) in [5, 5.41) is 30.7. The van der Waals surface area contributed by atoms with Gasteiger partial charge >= 0.3 is 5.97 Å². The number of hydrogen-bond donors (Lipinski definition) is 4. The van der Waals surface area contributed by atoms with E-state index in [4.69, 9.17) is 5.11 Å². The van der Waals surface area contributed by atoms with Gasteiger partial charge in [0.15, 0.2) is 11.5 Å².